The van der Waals surface area contributed by atoms with Crippen molar-refractivity contribution in [3.05, 3.63) is 69.7 Å². The summed E-state index contributed by atoms with van der Waals surface area (Å²) >= 11 is 8.28. The molecule has 0 saturated carbocycles. The van der Waals surface area contributed by atoms with E-state index in [9.17, 15) is 4.79 Å². The molecule has 1 aliphatic rings. The third kappa shape index (κ3) is 12.3. The lowest BCUT2D eigenvalue weighted by Crippen LogP contribution is -2.17. The van der Waals surface area contributed by atoms with Crippen molar-refractivity contribution in [1.29, 1.82) is 0 Å². The van der Waals surface area contributed by atoms with E-state index >= 15 is 0 Å². The minimum atomic E-state index is -0.0568. The van der Waals surface area contributed by atoms with E-state index in [0.29, 0.717) is 17.4 Å². The number of allylic oxidation sites excluding steroid dienone is 1. The summed E-state index contributed by atoms with van der Waals surface area (Å²) < 4.78 is 5.91. The van der Waals surface area contributed by atoms with Gasteiger partial charge in [0.15, 0.2) is 0 Å². The van der Waals surface area contributed by atoms with Crippen molar-refractivity contribution in [2.24, 2.45) is 0 Å². The second kappa shape index (κ2) is 18.3. The number of amides is 1. The molecule has 6 heteroatoms. The van der Waals surface area contributed by atoms with Gasteiger partial charge >= 0.3 is 0 Å². The Hall–Kier alpha value is -2.11. The van der Waals surface area contributed by atoms with Gasteiger partial charge in [-0.1, -0.05) is 107 Å². The van der Waals surface area contributed by atoms with Gasteiger partial charge in [-0.3, -0.25) is 4.79 Å². The van der Waals surface area contributed by atoms with Crippen molar-refractivity contribution >= 4 is 35.0 Å². The van der Waals surface area contributed by atoms with Gasteiger partial charge in [0, 0.05) is 17.9 Å². The quantitative estimate of drug-likeness (QED) is 0.171. The number of anilines is 1. The van der Waals surface area contributed by atoms with Crippen molar-refractivity contribution < 1.29 is 9.53 Å². The van der Waals surface area contributed by atoms with Crippen molar-refractivity contribution in [3.63, 3.8) is 0 Å². The normalized spacial score (nSPS) is 13.0. The molecule has 0 spiro atoms. The molecule has 0 atom stereocenters. The highest BCUT2D eigenvalue weighted by molar-refractivity contribution is 8.02. The van der Waals surface area contributed by atoms with Gasteiger partial charge in [0.1, 0.15) is 5.75 Å². The first kappa shape index (κ1) is 31.4. The SMILES string of the molecule is CCCCCCCCCCCCCCOc1ccc(CC(=O)Nc2ccc(CN3CSC=C3C)cc2)cc1Cl. The Kier molecular flexibility index (Phi) is 14.7. The molecule has 4 nitrogen and oxygen atoms in total. The van der Waals surface area contributed by atoms with Crippen LogP contribution in [0.15, 0.2) is 53.6 Å². The summed E-state index contributed by atoms with van der Waals surface area (Å²) in [4.78, 5) is 14.9. The molecule has 1 aliphatic heterocycles. The van der Waals surface area contributed by atoms with Crippen molar-refractivity contribution in [2.75, 3.05) is 17.8 Å². The molecule has 0 aliphatic carbocycles. The number of hydrogen-bond acceptors (Lipinski definition) is 4. The molecule has 3 rings (SSSR count). The number of carbonyl (C=O) groups excluding carboxylic acids is 1. The average Bonchev–Trinajstić information content (AvgIpc) is 3.33. The maximum Gasteiger partial charge on any atom is 0.228 e. The second-order valence-electron chi connectivity index (χ2n) is 10.7. The van der Waals surface area contributed by atoms with Crippen LogP contribution in [0, 0.1) is 0 Å². The van der Waals surface area contributed by atoms with E-state index < -0.39 is 0 Å². The summed E-state index contributed by atoms with van der Waals surface area (Å²) in [6.07, 6.45) is 16.2. The minimum absolute atomic E-state index is 0.0568. The monoisotopic (exact) mass is 570 g/mol. The van der Waals surface area contributed by atoms with Crippen LogP contribution in [0.2, 0.25) is 5.02 Å². The number of unbranched alkanes of at least 4 members (excludes halogenated alkanes) is 11. The Morgan fingerprint density at radius 1 is 0.897 bits per heavy atom. The van der Waals surface area contributed by atoms with E-state index in [4.69, 9.17) is 16.3 Å². The number of rotatable bonds is 19. The molecule has 1 heterocycles. The van der Waals surface area contributed by atoms with Crippen LogP contribution in [0.25, 0.3) is 0 Å². The molecule has 39 heavy (non-hydrogen) atoms. The van der Waals surface area contributed by atoms with Gasteiger partial charge in [-0.25, -0.2) is 0 Å². The molecule has 0 aromatic heterocycles. The molecule has 2 aromatic carbocycles. The third-order valence-corrected chi connectivity index (χ3v) is 8.47. The first-order chi connectivity index (χ1) is 19.0. The molecular formula is C33H47ClN2O2S. The fourth-order valence-corrected chi connectivity index (χ4v) is 5.99. The number of thioether (sulfide) groups is 1. The number of benzene rings is 2. The molecule has 2 aromatic rings. The smallest absolute Gasteiger partial charge is 0.228 e. The van der Waals surface area contributed by atoms with E-state index in [1.165, 1.54) is 81.9 Å². The van der Waals surface area contributed by atoms with Gasteiger partial charge in [-0.15, -0.1) is 11.8 Å². The van der Waals surface area contributed by atoms with E-state index in [1.807, 2.05) is 42.1 Å². The molecule has 0 bridgehead atoms. The van der Waals surface area contributed by atoms with E-state index in [2.05, 4.69) is 41.6 Å². The first-order valence-corrected chi connectivity index (χ1v) is 16.3. The van der Waals surface area contributed by atoms with Gasteiger partial charge in [-0.05, 0) is 54.1 Å². The Bertz CT molecular complexity index is 1020. The highest BCUT2D eigenvalue weighted by atomic mass is 35.5. The molecular weight excluding hydrogens is 524 g/mol. The molecule has 0 saturated heterocycles. The molecule has 0 radical (unpaired) electrons. The largest absolute Gasteiger partial charge is 0.492 e. The lowest BCUT2D eigenvalue weighted by molar-refractivity contribution is -0.115. The number of ether oxygens (including phenoxy) is 1. The molecule has 1 amide bonds. The Labute approximate surface area is 245 Å². The average molecular weight is 571 g/mol. The first-order valence-electron chi connectivity index (χ1n) is 14.9. The van der Waals surface area contributed by atoms with Gasteiger partial charge in [0.05, 0.1) is 23.9 Å². The fraction of sp³-hybridized carbons (Fsp3) is 0.545. The highest BCUT2D eigenvalue weighted by Gasteiger charge is 2.12. The van der Waals surface area contributed by atoms with Gasteiger partial charge in [-0.2, -0.15) is 0 Å². The van der Waals surface area contributed by atoms with Crippen LogP contribution in [0.4, 0.5) is 5.69 Å². The van der Waals surface area contributed by atoms with Crippen molar-refractivity contribution in [1.82, 2.24) is 4.90 Å². The fourth-order valence-electron chi connectivity index (χ4n) is 4.80. The predicted octanol–water partition coefficient (Wildman–Crippen LogP) is 9.97. The summed E-state index contributed by atoms with van der Waals surface area (Å²) in [6, 6.07) is 13.7. The number of hydrogen-bond donors (Lipinski definition) is 1. The molecule has 1 N–H and O–H groups in total. The van der Waals surface area contributed by atoms with Gasteiger partial charge in [0.2, 0.25) is 5.91 Å². The lowest BCUT2D eigenvalue weighted by Gasteiger charge is -2.19. The zero-order chi connectivity index (χ0) is 27.7. The standard InChI is InChI=1S/C33H47ClN2O2S/c1-3-4-5-6-7-8-9-10-11-12-13-14-21-38-32-20-17-29(22-31(32)34)23-33(37)35-30-18-15-28(16-19-30)24-36-26-39-25-27(36)2/h15-20,22,25H,3-14,21,23-24,26H2,1-2H3,(H,35,37). The maximum atomic E-state index is 12.6. The summed E-state index contributed by atoms with van der Waals surface area (Å²) in [5.74, 6) is 1.63. The van der Waals surface area contributed by atoms with Crippen LogP contribution in [-0.2, 0) is 17.8 Å². The molecule has 214 valence electrons. The molecule has 0 fully saturated rings. The van der Waals surface area contributed by atoms with Crippen LogP contribution in [0.5, 0.6) is 5.75 Å². The topological polar surface area (TPSA) is 41.6 Å². The minimum Gasteiger partial charge on any atom is -0.492 e. The predicted molar refractivity (Wildman–Crippen MR) is 169 cm³/mol. The van der Waals surface area contributed by atoms with Crippen LogP contribution < -0.4 is 10.1 Å². The number of nitrogens with one attached hydrogen (secondary N) is 1. The lowest BCUT2D eigenvalue weighted by atomic mass is 10.1. The van der Waals surface area contributed by atoms with E-state index in [-0.39, 0.29) is 12.3 Å². The zero-order valence-corrected chi connectivity index (χ0v) is 25.6. The Morgan fingerprint density at radius 2 is 1.51 bits per heavy atom. The van der Waals surface area contributed by atoms with E-state index in [1.54, 1.807) is 0 Å². The summed E-state index contributed by atoms with van der Waals surface area (Å²) in [7, 11) is 0. The van der Waals surface area contributed by atoms with Gasteiger partial charge in [0.25, 0.3) is 0 Å². The second-order valence-corrected chi connectivity index (χ2v) is 11.9. The highest BCUT2D eigenvalue weighted by Crippen LogP contribution is 2.27. The number of nitrogens with zero attached hydrogens (tertiary/aromatic N) is 1. The van der Waals surface area contributed by atoms with Crippen LogP contribution >= 0.6 is 23.4 Å². The van der Waals surface area contributed by atoms with Crippen molar-refractivity contribution in [2.45, 2.75) is 104 Å². The molecule has 0 unspecified atom stereocenters. The summed E-state index contributed by atoms with van der Waals surface area (Å²) in [5, 5.41) is 5.75. The number of carbonyl (C=O) groups is 1. The zero-order valence-electron chi connectivity index (χ0n) is 24.0. The summed E-state index contributed by atoms with van der Waals surface area (Å²) in [6.45, 7) is 5.97. The van der Waals surface area contributed by atoms with Gasteiger partial charge < -0.3 is 15.0 Å². The van der Waals surface area contributed by atoms with Crippen molar-refractivity contribution in [3.8, 4) is 5.75 Å². The third-order valence-electron chi connectivity index (χ3n) is 7.21. The number of halogens is 1. The van der Waals surface area contributed by atoms with Crippen LogP contribution in [-0.4, -0.2) is 23.3 Å². The summed E-state index contributed by atoms with van der Waals surface area (Å²) in [5.41, 5.74) is 4.21. The van der Waals surface area contributed by atoms with E-state index in [0.717, 1.165) is 30.1 Å². The van der Waals surface area contributed by atoms with Crippen LogP contribution in [0.3, 0.4) is 0 Å². The Balaban J connectivity index is 1.27. The maximum absolute atomic E-state index is 12.6. The Morgan fingerprint density at radius 3 is 2.10 bits per heavy atom. The van der Waals surface area contributed by atoms with Crippen LogP contribution in [0.1, 0.15) is 102 Å².